The molecule has 0 spiro atoms. The Kier molecular flexibility index (Phi) is 6.78. The van der Waals surface area contributed by atoms with Crippen molar-refractivity contribution < 1.29 is 9.53 Å². The van der Waals surface area contributed by atoms with E-state index in [0.29, 0.717) is 28.6 Å². The van der Waals surface area contributed by atoms with Crippen molar-refractivity contribution >= 4 is 21.9 Å². The summed E-state index contributed by atoms with van der Waals surface area (Å²) in [5.74, 6) is 0.964. The molecule has 1 heterocycles. The van der Waals surface area contributed by atoms with Gasteiger partial charge in [-0.25, -0.2) is 14.8 Å². The van der Waals surface area contributed by atoms with Crippen LogP contribution in [0.5, 0.6) is 0 Å². The highest BCUT2D eigenvalue weighted by atomic mass is 79.9. The van der Waals surface area contributed by atoms with Crippen molar-refractivity contribution in [2.75, 3.05) is 6.61 Å². The maximum atomic E-state index is 12.0. The third kappa shape index (κ3) is 4.70. The third-order valence-corrected chi connectivity index (χ3v) is 6.01. The normalized spacial score (nSPS) is 19.9. The molecule has 1 aromatic carbocycles. The van der Waals surface area contributed by atoms with Crippen LogP contribution in [0.15, 0.2) is 41.1 Å². The fraction of sp³-hybridized carbons (Fsp3) is 0.476. The Balaban J connectivity index is 1.62. The van der Waals surface area contributed by atoms with Gasteiger partial charge in [-0.1, -0.05) is 43.2 Å². The monoisotopic (exact) mass is 416 g/mol. The number of nitrogens with zero attached hydrogens (tertiary/aromatic N) is 2. The van der Waals surface area contributed by atoms with Gasteiger partial charge in [-0.15, -0.1) is 0 Å². The fourth-order valence-electron chi connectivity index (χ4n) is 3.84. The van der Waals surface area contributed by atoms with Gasteiger partial charge < -0.3 is 4.74 Å². The molecule has 1 aliphatic rings. The van der Waals surface area contributed by atoms with Gasteiger partial charge in [-0.3, -0.25) is 0 Å². The van der Waals surface area contributed by atoms with Crippen molar-refractivity contribution in [2.24, 2.45) is 5.92 Å². The topological polar surface area (TPSA) is 52.1 Å². The van der Waals surface area contributed by atoms with E-state index in [1.54, 1.807) is 6.92 Å². The molecule has 0 saturated heterocycles. The van der Waals surface area contributed by atoms with Crippen LogP contribution in [-0.2, 0) is 11.2 Å². The standard InChI is InChI=1S/C21H25BrN2O2/c1-2-26-21(25)20-19(22)18(23-14-24-20)12-11-15-7-6-10-17(13-15)16-8-4-3-5-9-16/h3-5,8-9,14-15,17H,2,6-7,10-13H2,1H3/t15-,17-/m1/s1. The molecule has 2 aromatic rings. The lowest BCUT2D eigenvalue weighted by Crippen LogP contribution is -2.16. The number of aryl methyl sites for hydroxylation is 1. The number of hydrogen-bond acceptors (Lipinski definition) is 4. The van der Waals surface area contributed by atoms with Gasteiger partial charge in [0, 0.05) is 0 Å². The number of rotatable bonds is 6. The highest BCUT2D eigenvalue weighted by Crippen LogP contribution is 2.38. The summed E-state index contributed by atoms with van der Waals surface area (Å²) in [6.45, 7) is 2.13. The zero-order chi connectivity index (χ0) is 18.4. The molecule has 0 bridgehead atoms. The first-order valence-electron chi connectivity index (χ1n) is 9.40. The van der Waals surface area contributed by atoms with Crippen LogP contribution < -0.4 is 0 Å². The molecule has 3 rings (SSSR count). The minimum Gasteiger partial charge on any atom is -0.461 e. The number of aromatic nitrogens is 2. The van der Waals surface area contributed by atoms with Crippen molar-refractivity contribution in [2.45, 2.75) is 51.4 Å². The van der Waals surface area contributed by atoms with E-state index >= 15 is 0 Å². The molecule has 5 heteroatoms. The van der Waals surface area contributed by atoms with Gasteiger partial charge >= 0.3 is 5.97 Å². The van der Waals surface area contributed by atoms with Crippen LogP contribution in [0.2, 0.25) is 0 Å². The van der Waals surface area contributed by atoms with E-state index in [4.69, 9.17) is 4.74 Å². The Morgan fingerprint density at radius 3 is 2.81 bits per heavy atom. The van der Waals surface area contributed by atoms with E-state index in [2.05, 4.69) is 56.2 Å². The Hall–Kier alpha value is -1.75. The first kappa shape index (κ1) is 19.0. The summed E-state index contributed by atoms with van der Waals surface area (Å²) >= 11 is 3.50. The minimum atomic E-state index is -0.398. The second-order valence-corrected chi connectivity index (χ2v) is 7.68. The summed E-state index contributed by atoms with van der Waals surface area (Å²) in [5.41, 5.74) is 2.68. The number of carbonyl (C=O) groups excluding carboxylic acids is 1. The van der Waals surface area contributed by atoms with E-state index in [-0.39, 0.29) is 0 Å². The number of carbonyl (C=O) groups is 1. The second kappa shape index (κ2) is 9.26. The lowest BCUT2D eigenvalue weighted by molar-refractivity contribution is 0.0517. The van der Waals surface area contributed by atoms with Crippen molar-refractivity contribution in [1.82, 2.24) is 9.97 Å². The summed E-state index contributed by atoms with van der Waals surface area (Å²) in [6.07, 6.45) is 8.46. The predicted octanol–water partition coefficient (Wildman–Crippen LogP) is 5.32. The van der Waals surface area contributed by atoms with Crippen molar-refractivity contribution in [3.05, 3.63) is 58.1 Å². The van der Waals surface area contributed by atoms with Gasteiger partial charge in [0.05, 0.1) is 16.8 Å². The van der Waals surface area contributed by atoms with Crippen LogP contribution >= 0.6 is 15.9 Å². The van der Waals surface area contributed by atoms with Crippen LogP contribution in [-0.4, -0.2) is 22.5 Å². The number of hydrogen-bond donors (Lipinski definition) is 0. The van der Waals surface area contributed by atoms with Crippen LogP contribution in [0.1, 0.15) is 66.7 Å². The van der Waals surface area contributed by atoms with E-state index in [1.165, 1.54) is 37.6 Å². The molecule has 0 aliphatic heterocycles. The van der Waals surface area contributed by atoms with Gasteiger partial charge in [0.25, 0.3) is 0 Å². The maximum Gasteiger partial charge on any atom is 0.358 e. The molecular formula is C21H25BrN2O2. The van der Waals surface area contributed by atoms with Gasteiger partial charge in [0.15, 0.2) is 5.69 Å². The zero-order valence-electron chi connectivity index (χ0n) is 15.2. The lowest BCUT2D eigenvalue weighted by atomic mass is 9.76. The van der Waals surface area contributed by atoms with Gasteiger partial charge in [-0.05, 0) is 65.9 Å². The number of ether oxygens (including phenoxy) is 1. The molecule has 1 saturated carbocycles. The molecule has 26 heavy (non-hydrogen) atoms. The number of benzene rings is 1. The van der Waals surface area contributed by atoms with Crippen LogP contribution in [0.3, 0.4) is 0 Å². The Labute approximate surface area is 163 Å². The van der Waals surface area contributed by atoms with Crippen LogP contribution in [0.25, 0.3) is 0 Å². The molecular weight excluding hydrogens is 392 g/mol. The SMILES string of the molecule is CCOC(=O)c1ncnc(CC[C@H]2CCC[C@@H](c3ccccc3)C2)c1Br. The summed E-state index contributed by atoms with van der Waals surface area (Å²) in [4.78, 5) is 20.4. The highest BCUT2D eigenvalue weighted by Gasteiger charge is 2.24. The van der Waals surface area contributed by atoms with Gasteiger partial charge in [0.1, 0.15) is 6.33 Å². The molecule has 138 valence electrons. The van der Waals surface area contributed by atoms with Gasteiger partial charge in [-0.2, -0.15) is 0 Å². The molecule has 0 radical (unpaired) electrons. The third-order valence-electron chi connectivity index (χ3n) is 5.17. The molecule has 2 atom stereocenters. The average molecular weight is 417 g/mol. The zero-order valence-corrected chi connectivity index (χ0v) is 16.7. The van der Waals surface area contributed by atoms with Crippen molar-refractivity contribution in [3.63, 3.8) is 0 Å². The molecule has 0 unspecified atom stereocenters. The highest BCUT2D eigenvalue weighted by molar-refractivity contribution is 9.10. The Bertz CT molecular complexity index is 736. The van der Waals surface area contributed by atoms with E-state index in [0.717, 1.165) is 18.5 Å². The molecule has 0 amide bonds. The molecule has 1 aliphatic carbocycles. The maximum absolute atomic E-state index is 12.0. The molecule has 1 aromatic heterocycles. The Morgan fingerprint density at radius 2 is 2.04 bits per heavy atom. The molecule has 1 fully saturated rings. The largest absolute Gasteiger partial charge is 0.461 e. The summed E-state index contributed by atoms with van der Waals surface area (Å²) < 4.78 is 5.74. The fourth-order valence-corrected chi connectivity index (χ4v) is 4.41. The summed E-state index contributed by atoms with van der Waals surface area (Å²) in [5, 5.41) is 0. The number of halogens is 1. The van der Waals surface area contributed by atoms with E-state index < -0.39 is 5.97 Å². The van der Waals surface area contributed by atoms with Gasteiger partial charge in [0.2, 0.25) is 0 Å². The van der Waals surface area contributed by atoms with Crippen LogP contribution in [0, 0.1) is 5.92 Å². The van der Waals surface area contributed by atoms with Crippen LogP contribution in [0.4, 0.5) is 0 Å². The number of esters is 1. The van der Waals surface area contributed by atoms with Crippen molar-refractivity contribution in [1.29, 1.82) is 0 Å². The van der Waals surface area contributed by atoms with Crippen molar-refractivity contribution in [3.8, 4) is 0 Å². The first-order chi connectivity index (χ1) is 12.7. The summed E-state index contributed by atoms with van der Waals surface area (Å²) in [7, 11) is 0. The first-order valence-corrected chi connectivity index (χ1v) is 10.2. The lowest BCUT2D eigenvalue weighted by Gasteiger charge is -2.29. The smallest absolute Gasteiger partial charge is 0.358 e. The molecule has 0 N–H and O–H groups in total. The van der Waals surface area contributed by atoms with E-state index in [1.807, 2.05) is 0 Å². The summed E-state index contributed by atoms with van der Waals surface area (Å²) in [6, 6.07) is 10.8. The minimum absolute atomic E-state index is 0.322. The average Bonchev–Trinajstić information content (AvgIpc) is 2.68. The molecule has 4 nitrogen and oxygen atoms in total. The second-order valence-electron chi connectivity index (χ2n) is 6.88. The quantitative estimate of drug-likeness (QED) is 0.597. The predicted molar refractivity (Wildman–Crippen MR) is 105 cm³/mol. The Morgan fingerprint density at radius 1 is 1.23 bits per heavy atom. The van der Waals surface area contributed by atoms with E-state index in [9.17, 15) is 4.79 Å².